The number of halogens is 2. The van der Waals surface area contributed by atoms with E-state index in [0.717, 1.165) is 34.0 Å². The minimum absolute atomic E-state index is 0.00176. The first-order valence-electron chi connectivity index (χ1n) is 16.7. The molecule has 3 unspecified atom stereocenters. The van der Waals surface area contributed by atoms with Gasteiger partial charge in [0.1, 0.15) is 11.9 Å². The van der Waals surface area contributed by atoms with Gasteiger partial charge in [0.25, 0.3) is 5.91 Å². The highest BCUT2D eigenvalue weighted by atomic mass is 79.9. The summed E-state index contributed by atoms with van der Waals surface area (Å²) in [7, 11) is 0. The molecule has 0 spiro atoms. The molecule has 2 fully saturated rings. The Morgan fingerprint density at radius 3 is 2.64 bits per heavy atom. The maximum absolute atomic E-state index is 13.0. The van der Waals surface area contributed by atoms with E-state index in [9.17, 15) is 23.6 Å². The number of nitrogens with two attached hydrogens (primary N) is 1. The minimum Gasteiger partial charge on any atom is -0.380 e. The van der Waals surface area contributed by atoms with Crippen molar-refractivity contribution in [2.24, 2.45) is 17.6 Å². The van der Waals surface area contributed by atoms with Gasteiger partial charge in [-0.15, -0.1) is 0 Å². The summed E-state index contributed by atoms with van der Waals surface area (Å²) in [6.07, 6.45) is 11.6. The van der Waals surface area contributed by atoms with Gasteiger partial charge in [-0.1, -0.05) is 83.4 Å². The summed E-state index contributed by atoms with van der Waals surface area (Å²) in [5.41, 5.74) is 9.22. The zero-order valence-electron chi connectivity index (χ0n) is 27.9. The van der Waals surface area contributed by atoms with Crippen molar-refractivity contribution in [3.8, 4) is 5.75 Å². The predicted octanol–water partition coefficient (Wildman–Crippen LogP) is 6.94. The van der Waals surface area contributed by atoms with E-state index in [0.29, 0.717) is 30.3 Å². The van der Waals surface area contributed by atoms with Crippen molar-refractivity contribution in [1.82, 2.24) is 15.4 Å². The maximum Gasteiger partial charge on any atom is 0.305 e. The first-order valence-corrected chi connectivity index (χ1v) is 18.3. The number of hydroxylamine groups is 1. The monoisotopic (exact) mass is 767 g/mol. The number of likely N-dealkylation sites (tertiary alicyclic amines) is 1. The fraction of sp³-hybridized carbons (Fsp3) is 0.351. The lowest BCUT2D eigenvalue weighted by Gasteiger charge is -2.22. The molecule has 13 heteroatoms. The molecule has 1 saturated carbocycles. The number of hydrogen-bond acceptors (Lipinski definition) is 7. The van der Waals surface area contributed by atoms with Crippen molar-refractivity contribution in [1.29, 1.82) is 0 Å². The fourth-order valence-corrected chi connectivity index (χ4v) is 6.63. The number of nitrogens with one attached hydrogen (secondary N) is 3. The summed E-state index contributed by atoms with van der Waals surface area (Å²) in [5.74, 6) is 0.0816. The smallest absolute Gasteiger partial charge is 0.305 e. The van der Waals surface area contributed by atoms with Crippen LogP contribution >= 0.6 is 27.3 Å². The molecule has 6 rings (SSSR count). The number of primary amides is 1. The van der Waals surface area contributed by atoms with Gasteiger partial charge in [0.2, 0.25) is 11.8 Å². The summed E-state index contributed by atoms with van der Waals surface area (Å²) in [4.78, 5) is 55.3. The summed E-state index contributed by atoms with van der Waals surface area (Å²) < 4.78 is 15.0. The van der Waals surface area contributed by atoms with Crippen LogP contribution in [0.1, 0.15) is 51.9 Å². The first kappa shape index (κ1) is 38.3. The number of hydrogen-bond donors (Lipinski definition) is 4. The molecule has 3 atom stereocenters. The summed E-state index contributed by atoms with van der Waals surface area (Å²) in [6.45, 7) is 2.77. The third-order valence-electron chi connectivity index (χ3n) is 8.10. The van der Waals surface area contributed by atoms with E-state index in [1.807, 2.05) is 48.5 Å². The Bertz CT molecular complexity index is 1800. The second-order valence-corrected chi connectivity index (χ2v) is 13.9. The summed E-state index contributed by atoms with van der Waals surface area (Å²) in [5, 5.41) is 2.84. The average molecular weight is 769 g/mol. The van der Waals surface area contributed by atoms with Crippen molar-refractivity contribution in [2.45, 2.75) is 57.9 Å². The van der Waals surface area contributed by atoms with E-state index in [4.69, 9.17) is 10.6 Å². The maximum atomic E-state index is 13.0. The zero-order valence-corrected chi connectivity index (χ0v) is 30.3. The van der Waals surface area contributed by atoms with Gasteiger partial charge in [-0.25, -0.2) is 4.39 Å². The lowest BCUT2D eigenvalue weighted by Crippen LogP contribution is -2.45. The van der Waals surface area contributed by atoms with Crippen LogP contribution in [0, 0.1) is 17.7 Å². The van der Waals surface area contributed by atoms with Crippen LogP contribution < -0.4 is 26.2 Å². The molecule has 1 aliphatic heterocycles. The minimum atomic E-state index is -0.512. The van der Waals surface area contributed by atoms with Crippen LogP contribution in [0.5, 0.6) is 5.75 Å². The van der Waals surface area contributed by atoms with Crippen molar-refractivity contribution >= 4 is 60.9 Å². The Morgan fingerprint density at radius 1 is 1.10 bits per heavy atom. The number of rotatable bonds is 12. The normalized spacial score (nSPS) is 17.7. The van der Waals surface area contributed by atoms with Crippen LogP contribution in [0.25, 0.3) is 10.2 Å². The molecule has 1 saturated heterocycles. The van der Waals surface area contributed by atoms with Crippen LogP contribution in [0.2, 0.25) is 0 Å². The molecule has 3 amide bonds. The molecule has 10 nitrogen and oxygen atoms in total. The van der Waals surface area contributed by atoms with Gasteiger partial charge in [0, 0.05) is 22.6 Å². The molecule has 0 radical (unpaired) electrons. The van der Waals surface area contributed by atoms with Crippen molar-refractivity contribution in [3.63, 3.8) is 0 Å². The lowest BCUT2D eigenvalue weighted by molar-refractivity contribution is -0.135. The Morgan fingerprint density at radius 2 is 1.90 bits per heavy atom. The topological polar surface area (TPSA) is 147 Å². The third kappa shape index (κ3) is 12.4. The molecule has 2 heterocycles. The number of amides is 3. The zero-order chi connectivity index (χ0) is 35.9. The Hall–Kier alpha value is -4.49. The molecule has 266 valence electrons. The molecule has 1 aromatic heterocycles. The van der Waals surface area contributed by atoms with Gasteiger partial charge in [0.05, 0.1) is 16.8 Å². The van der Waals surface area contributed by atoms with Gasteiger partial charge in [-0.05, 0) is 86.6 Å². The number of H-pyrrole nitrogens is 1. The molecule has 2 aliphatic rings. The van der Waals surface area contributed by atoms with E-state index >= 15 is 0 Å². The summed E-state index contributed by atoms with van der Waals surface area (Å²) in [6, 6.07) is 20.4. The molecule has 4 aromatic rings. The van der Waals surface area contributed by atoms with Gasteiger partial charge >= 0.3 is 4.87 Å². The molecule has 3 aromatic carbocycles. The number of carbonyl (C=O) groups excluding carboxylic acids is 3. The van der Waals surface area contributed by atoms with E-state index in [-0.39, 0.29) is 35.0 Å². The third-order valence-corrected chi connectivity index (χ3v) is 9.44. The van der Waals surface area contributed by atoms with Gasteiger partial charge in [-0.3, -0.25) is 19.2 Å². The second kappa shape index (κ2) is 19.6. The predicted molar refractivity (Wildman–Crippen MR) is 199 cm³/mol. The lowest BCUT2D eigenvalue weighted by atomic mass is 10.2. The van der Waals surface area contributed by atoms with Crippen molar-refractivity contribution in [3.05, 3.63) is 105 Å². The number of unbranched alkanes of at least 4 members (excludes halogenated alkanes) is 3. The molecule has 0 bridgehead atoms. The van der Waals surface area contributed by atoms with Gasteiger partial charge in [-0.2, -0.15) is 5.48 Å². The largest absolute Gasteiger partial charge is 0.380 e. The van der Waals surface area contributed by atoms with Crippen molar-refractivity contribution in [2.75, 3.05) is 18.4 Å². The van der Waals surface area contributed by atoms with E-state index in [2.05, 4.69) is 50.8 Å². The quantitative estimate of drug-likeness (QED) is 0.0699. The number of thiazole rings is 1. The highest BCUT2D eigenvalue weighted by Gasteiger charge is 2.41. The number of benzene rings is 3. The molecular formula is C37H43BrFN5O5S. The molecular weight excluding hydrogens is 725 g/mol. The Balaban J connectivity index is 0.000000175. The Kier molecular flexibility index (Phi) is 15.0. The number of nitrogens with zero attached hydrogens (tertiary/aromatic N) is 1. The van der Waals surface area contributed by atoms with Crippen LogP contribution in [0.4, 0.5) is 10.1 Å². The van der Waals surface area contributed by atoms with Gasteiger partial charge in [0.15, 0.2) is 5.75 Å². The van der Waals surface area contributed by atoms with Crippen molar-refractivity contribution < 1.29 is 23.6 Å². The van der Waals surface area contributed by atoms with Crippen LogP contribution in [0.15, 0.2) is 94.2 Å². The van der Waals surface area contributed by atoms with Crippen LogP contribution in [-0.4, -0.2) is 46.7 Å². The highest BCUT2D eigenvalue weighted by molar-refractivity contribution is 9.10. The number of aromatic amines is 1. The number of fused-ring (bicyclic) bond motifs is 1. The molecule has 5 N–H and O–H groups in total. The molecule has 50 heavy (non-hydrogen) atoms. The number of allylic oxidation sites excluding steroid dienone is 2. The van der Waals surface area contributed by atoms with Crippen LogP contribution in [0.3, 0.4) is 0 Å². The highest BCUT2D eigenvalue weighted by Crippen LogP contribution is 2.40. The van der Waals surface area contributed by atoms with Gasteiger partial charge < -0.3 is 25.8 Å². The first-order chi connectivity index (χ1) is 24.1. The fourth-order valence-electron chi connectivity index (χ4n) is 5.34. The van der Waals surface area contributed by atoms with E-state index in [1.165, 1.54) is 47.6 Å². The van der Waals surface area contributed by atoms with Crippen LogP contribution in [-0.2, 0) is 14.4 Å². The van der Waals surface area contributed by atoms with E-state index in [1.54, 1.807) is 12.1 Å². The summed E-state index contributed by atoms with van der Waals surface area (Å²) >= 11 is 4.56. The second-order valence-electron chi connectivity index (χ2n) is 12.0. The van der Waals surface area contributed by atoms with E-state index < -0.39 is 11.9 Å². The Labute approximate surface area is 303 Å². The number of para-hydroxylation sites is 1. The standard InChI is InChI=1S/C17H23NO2.C13H16FN3O2.C7H4BrNOS/c1-2-3-4-5-7-10-14-13-16(14)17(19)18-20-15-11-8-6-9-12-15;14-9-3-1-4-10(7-9)16-8-12(18)17-6-2-5-11(17)13(15)19;8-4-1-2-5-6(3-4)11-7(10)9-5/h6-12,14,16H,2-5,13H2,1H3,(H,18,19);1,3-4,7,11,16H,2,5-6,8H2,(H2,15,19);1-3H,(H,9,10)/b10-7-;;. The molecule has 1 aliphatic carbocycles. The number of carbonyl (C=O) groups is 3. The SMILES string of the molecule is CCCCC/C=C\C1CC1C(=O)NOc1ccccc1.NC(=O)C1CCCN1C(=O)CNc1cccc(F)c1.O=c1[nH]c2ccc(Br)cc2s1. The average Bonchev–Trinajstić information content (AvgIpc) is 3.52. The number of aromatic nitrogens is 1. The number of anilines is 1.